The van der Waals surface area contributed by atoms with Gasteiger partial charge in [0.1, 0.15) is 22.8 Å². The summed E-state index contributed by atoms with van der Waals surface area (Å²) >= 11 is 0. The minimum atomic E-state index is -2.73. The van der Waals surface area contributed by atoms with E-state index in [4.69, 9.17) is 5.73 Å². The summed E-state index contributed by atoms with van der Waals surface area (Å²) in [5.41, 5.74) is 3.36. The van der Waals surface area contributed by atoms with Crippen LogP contribution < -0.4 is 10.6 Å². The maximum atomic E-state index is 14.1. The van der Waals surface area contributed by atoms with E-state index < -0.39 is 64.0 Å². The molecule has 2 aromatic carbocycles. The van der Waals surface area contributed by atoms with E-state index in [0.717, 1.165) is 0 Å². The average molecular weight is 578 g/mol. The van der Waals surface area contributed by atoms with Gasteiger partial charge in [-0.1, -0.05) is 12.1 Å². The number of nitrogens with zero attached hydrogens (tertiary/aromatic N) is 2. The number of carboxylic acids is 1. The summed E-state index contributed by atoms with van der Waals surface area (Å²) in [7, 11) is 6.61. The van der Waals surface area contributed by atoms with E-state index >= 15 is 0 Å². The lowest BCUT2D eigenvalue weighted by atomic mass is 9.57. The summed E-state index contributed by atoms with van der Waals surface area (Å²) in [6.07, 6.45) is 0.131. The molecule has 220 valence electrons. The monoisotopic (exact) mass is 577 g/mol. The normalized spacial score (nSPS) is 25.2. The molecule has 1 saturated carbocycles. The van der Waals surface area contributed by atoms with Gasteiger partial charge in [-0.2, -0.15) is 0 Å². The van der Waals surface area contributed by atoms with Gasteiger partial charge in [0.2, 0.25) is 5.78 Å². The number of benzene rings is 2. The van der Waals surface area contributed by atoms with Crippen molar-refractivity contribution in [2.24, 2.45) is 17.6 Å². The Bertz CT molecular complexity index is 1640. The van der Waals surface area contributed by atoms with Crippen LogP contribution in [-0.4, -0.2) is 93.7 Å². The Balaban J connectivity index is 1.75. The molecule has 12 nitrogen and oxygen atoms in total. The lowest BCUT2D eigenvalue weighted by Gasteiger charge is -2.50. The number of aliphatic hydroxyl groups is 3. The Labute approximate surface area is 240 Å². The summed E-state index contributed by atoms with van der Waals surface area (Å²) < 4.78 is 0. The number of carbonyl (C=O) groups excluding carboxylic acids is 3. The highest BCUT2D eigenvalue weighted by Crippen LogP contribution is 2.54. The number of carboxylic acid groups (broad SMARTS) is 1. The number of phenols is 1. The first-order valence-corrected chi connectivity index (χ1v) is 13.2. The van der Waals surface area contributed by atoms with Gasteiger partial charge in [-0.3, -0.25) is 19.3 Å². The van der Waals surface area contributed by atoms with E-state index in [0.29, 0.717) is 16.8 Å². The number of nitrogens with two attached hydrogens (primary N) is 1. The highest BCUT2D eigenvalue weighted by atomic mass is 16.4. The average Bonchev–Trinajstić information content (AvgIpc) is 2.90. The predicted molar refractivity (Wildman–Crippen MR) is 151 cm³/mol. The summed E-state index contributed by atoms with van der Waals surface area (Å²) in [6, 6.07) is 6.29. The minimum Gasteiger partial charge on any atom is -0.508 e. The molecule has 1 amide bonds. The van der Waals surface area contributed by atoms with Gasteiger partial charge in [-0.25, -0.2) is 4.79 Å². The largest absolute Gasteiger partial charge is 0.508 e. The fourth-order valence-electron chi connectivity index (χ4n) is 6.70. The summed E-state index contributed by atoms with van der Waals surface area (Å²) in [6.45, 7) is 0. The van der Waals surface area contributed by atoms with Crippen molar-refractivity contribution in [1.29, 1.82) is 0 Å². The maximum absolute atomic E-state index is 14.1. The Hall–Kier alpha value is -4.68. The van der Waals surface area contributed by atoms with Gasteiger partial charge in [-0.05, 0) is 62.2 Å². The van der Waals surface area contributed by atoms with Crippen LogP contribution in [-0.2, 0) is 20.8 Å². The zero-order valence-corrected chi connectivity index (χ0v) is 23.4. The molecule has 3 aliphatic carbocycles. The number of carbonyl (C=O) groups is 4. The lowest BCUT2D eigenvalue weighted by Crippen LogP contribution is -2.65. The number of aliphatic hydroxyl groups excluding tert-OH is 2. The van der Waals surface area contributed by atoms with Crippen LogP contribution >= 0.6 is 0 Å². The zero-order chi connectivity index (χ0) is 31.0. The molecule has 5 rings (SSSR count). The first-order chi connectivity index (χ1) is 19.6. The third-order valence-corrected chi connectivity index (χ3v) is 8.62. The standard InChI is InChI=1S/C30H31N3O9/c1-32(2)18-11-15(12-5-7-13(8-6-12)29(40)41)23(34)20-16(18)9-14-10-17-22(33(3)4)25(36)21(28(31)39)27(38)30(17,42)26(37)19(14)24(20)35/h5-8,11,14,17,22,34-35,38,42H,9-10H2,1-4H3,(H2,31,39)(H,40,41)/t14-,17+,22-,30-/m0/s1. The van der Waals surface area contributed by atoms with Crippen LogP contribution in [0.15, 0.2) is 47.2 Å². The van der Waals surface area contributed by atoms with Crippen LogP contribution in [0.25, 0.3) is 16.9 Å². The summed E-state index contributed by atoms with van der Waals surface area (Å²) in [5.74, 6) is -8.32. The van der Waals surface area contributed by atoms with Gasteiger partial charge in [0.25, 0.3) is 5.91 Å². The molecule has 0 radical (unpaired) electrons. The van der Waals surface area contributed by atoms with E-state index in [-0.39, 0.29) is 40.9 Å². The van der Waals surface area contributed by atoms with Crippen LogP contribution in [0.5, 0.6) is 5.75 Å². The fourth-order valence-corrected chi connectivity index (χ4v) is 6.70. The highest BCUT2D eigenvalue weighted by Gasteiger charge is 2.64. The van der Waals surface area contributed by atoms with E-state index in [1.54, 1.807) is 39.2 Å². The molecule has 2 aromatic rings. The number of fused-ring (bicyclic) bond motifs is 3. The van der Waals surface area contributed by atoms with E-state index in [1.165, 1.54) is 29.2 Å². The van der Waals surface area contributed by atoms with Gasteiger partial charge in [0, 0.05) is 36.8 Å². The second kappa shape index (κ2) is 9.71. The predicted octanol–water partition coefficient (Wildman–Crippen LogP) is 1.40. The first-order valence-electron chi connectivity index (χ1n) is 13.2. The molecule has 0 saturated heterocycles. The number of rotatable bonds is 5. The number of aromatic hydroxyl groups is 1. The molecule has 7 N–H and O–H groups in total. The van der Waals surface area contributed by atoms with E-state index in [9.17, 15) is 44.7 Å². The van der Waals surface area contributed by atoms with Gasteiger partial charge in [0.15, 0.2) is 11.4 Å². The minimum absolute atomic E-state index is 0.0161. The lowest BCUT2D eigenvalue weighted by molar-refractivity contribution is -0.153. The number of likely N-dealkylation sites (N-methyl/N-ethyl adjacent to an activating group) is 1. The smallest absolute Gasteiger partial charge is 0.335 e. The van der Waals surface area contributed by atoms with Crippen LogP contribution in [0.4, 0.5) is 5.69 Å². The molecular formula is C30H31N3O9. The Morgan fingerprint density at radius 2 is 1.64 bits per heavy atom. The molecule has 4 atom stereocenters. The number of ketones is 2. The number of anilines is 1. The number of Topliss-reactive ketones (excluding diaryl/α,β-unsaturated/α-hetero) is 2. The van der Waals surface area contributed by atoms with Crippen molar-refractivity contribution in [2.45, 2.75) is 24.5 Å². The van der Waals surface area contributed by atoms with Crippen molar-refractivity contribution in [3.8, 4) is 16.9 Å². The zero-order valence-electron chi connectivity index (χ0n) is 23.4. The molecule has 0 heterocycles. The number of aromatic carboxylic acids is 1. The number of hydrogen-bond acceptors (Lipinski definition) is 10. The molecule has 3 aliphatic rings. The van der Waals surface area contributed by atoms with Crippen molar-refractivity contribution in [1.82, 2.24) is 4.90 Å². The Morgan fingerprint density at radius 3 is 2.17 bits per heavy atom. The summed E-state index contributed by atoms with van der Waals surface area (Å²) in [5, 5.41) is 55.1. The number of phenolic OH excluding ortho intramolecular Hbond substituents is 1. The molecule has 1 fully saturated rings. The van der Waals surface area contributed by atoms with Crippen molar-refractivity contribution in [3.05, 3.63) is 63.9 Å². The van der Waals surface area contributed by atoms with Crippen LogP contribution in [0.2, 0.25) is 0 Å². The maximum Gasteiger partial charge on any atom is 0.335 e. The number of primary amides is 1. The van der Waals surface area contributed by atoms with Gasteiger partial charge in [-0.15, -0.1) is 0 Å². The molecule has 0 aromatic heterocycles. The number of hydrogen-bond donors (Lipinski definition) is 6. The molecule has 0 bridgehead atoms. The first kappa shape index (κ1) is 28.8. The quantitative estimate of drug-likeness (QED) is 0.280. The van der Waals surface area contributed by atoms with Crippen LogP contribution in [0.1, 0.15) is 27.9 Å². The van der Waals surface area contributed by atoms with Crippen molar-refractivity contribution >= 4 is 34.9 Å². The molecule has 0 unspecified atom stereocenters. The topological polar surface area (TPSA) is 202 Å². The molecule has 0 spiro atoms. The van der Waals surface area contributed by atoms with Crippen molar-refractivity contribution < 1.29 is 44.7 Å². The Morgan fingerprint density at radius 1 is 1.02 bits per heavy atom. The van der Waals surface area contributed by atoms with Crippen molar-refractivity contribution in [2.75, 3.05) is 33.1 Å². The third-order valence-electron chi connectivity index (χ3n) is 8.62. The molecule has 42 heavy (non-hydrogen) atoms. The SMILES string of the molecule is CN(C)c1cc(-c2ccc(C(=O)O)cc2)c(O)c2c1C[C@H]1C[C@@H]3[C@H](N(C)C)C(=O)C(C(N)=O)=C(O)[C@@]3(O)C(=O)C1=C2O. The van der Waals surface area contributed by atoms with Gasteiger partial charge < -0.3 is 36.2 Å². The highest BCUT2D eigenvalue weighted by molar-refractivity contribution is 6.24. The third kappa shape index (κ3) is 3.90. The second-order valence-corrected chi connectivity index (χ2v) is 11.4. The molecule has 0 aliphatic heterocycles. The Kier molecular flexibility index (Phi) is 6.66. The van der Waals surface area contributed by atoms with Crippen LogP contribution in [0, 0.1) is 11.8 Å². The fraction of sp³-hybridized carbons (Fsp3) is 0.333. The van der Waals surface area contributed by atoms with Gasteiger partial charge >= 0.3 is 5.97 Å². The van der Waals surface area contributed by atoms with Crippen molar-refractivity contribution in [3.63, 3.8) is 0 Å². The van der Waals surface area contributed by atoms with Gasteiger partial charge in [0.05, 0.1) is 17.2 Å². The van der Waals surface area contributed by atoms with E-state index in [1.807, 2.05) is 0 Å². The second-order valence-electron chi connectivity index (χ2n) is 11.4. The van der Waals surface area contributed by atoms with E-state index in [2.05, 4.69) is 0 Å². The van der Waals surface area contributed by atoms with Crippen LogP contribution in [0.3, 0.4) is 0 Å². The molecule has 12 heteroatoms. The summed E-state index contributed by atoms with van der Waals surface area (Å²) in [4.78, 5) is 54.0. The molecular weight excluding hydrogens is 546 g/mol. The number of amides is 1.